The van der Waals surface area contributed by atoms with Crippen molar-refractivity contribution in [2.24, 2.45) is 0 Å². The van der Waals surface area contributed by atoms with E-state index in [1.165, 1.54) is 16.9 Å². The largest absolute Gasteiger partial charge is 0.348 e. The van der Waals surface area contributed by atoms with Gasteiger partial charge in [0.05, 0.1) is 11.4 Å². The van der Waals surface area contributed by atoms with Crippen LogP contribution in [0.5, 0.6) is 0 Å². The van der Waals surface area contributed by atoms with E-state index in [0.717, 1.165) is 65.3 Å². The number of aryl methyl sites for hydroxylation is 1. The van der Waals surface area contributed by atoms with E-state index < -0.39 is 0 Å². The fourth-order valence-corrected chi connectivity index (χ4v) is 6.76. The summed E-state index contributed by atoms with van der Waals surface area (Å²) in [7, 11) is 0. The van der Waals surface area contributed by atoms with E-state index in [4.69, 9.17) is 0 Å². The van der Waals surface area contributed by atoms with E-state index in [1.54, 1.807) is 24.2 Å². The molecule has 0 atom stereocenters. The Morgan fingerprint density at radius 2 is 1.83 bits per heavy atom. The highest BCUT2D eigenvalue weighted by Gasteiger charge is 2.23. The van der Waals surface area contributed by atoms with Gasteiger partial charge < -0.3 is 5.32 Å². The molecule has 1 amide bonds. The zero-order valence-corrected chi connectivity index (χ0v) is 24.4. The third-order valence-corrected chi connectivity index (χ3v) is 9.16. The number of benzene rings is 2. The van der Waals surface area contributed by atoms with Crippen LogP contribution in [0.2, 0.25) is 0 Å². The molecule has 1 saturated heterocycles. The Morgan fingerprint density at radius 1 is 1.02 bits per heavy atom. The highest BCUT2D eigenvalue weighted by atomic mass is 32.2. The summed E-state index contributed by atoms with van der Waals surface area (Å²) in [6, 6.07) is 22.8. The average Bonchev–Trinajstić information content (AvgIpc) is 3.66. The third kappa shape index (κ3) is 6.56. The summed E-state index contributed by atoms with van der Waals surface area (Å²) in [4.78, 5) is 24.4. The molecule has 8 nitrogen and oxygen atoms in total. The van der Waals surface area contributed by atoms with Gasteiger partial charge in [0, 0.05) is 49.0 Å². The minimum atomic E-state index is -0.0963. The summed E-state index contributed by atoms with van der Waals surface area (Å²) in [5.74, 6) is 1.23. The minimum Gasteiger partial charge on any atom is -0.348 e. The first-order valence-corrected chi connectivity index (χ1v) is 15.6. The Morgan fingerprint density at radius 3 is 2.61 bits per heavy atom. The highest BCUT2D eigenvalue weighted by molar-refractivity contribution is 7.98. The molecule has 2 aromatic carbocycles. The van der Waals surface area contributed by atoms with Crippen molar-refractivity contribution in [1.29, 1.82) is 0 Å². The van der Waals surface area contributed by atoms with Crippen molar-refractivity contribution in [2.75, 3.05) is 13.1 Å². The molecular weight excluding hydrogens is 551 g/mol. The van der Waals surface area contributed by atoms with Crippen LogP contribution in [-0.2, 0) is 12.3 Å². The number of para-hydroxylation sites is 1. The van der Waals surface area contributed by atoms with Crippen LogP contribution in [0.25, 0.3) is 17.1 Å². The molecule has 0 radical (unpaired) electrons. The monoisotopic (exact) mass is 581 g/mol. The number of hydrogen-bond donors (Lipinski definition) is 1. The molecule has 208 valence electrons. The van der Waals surface area contributed by atoms with Crippen molar-refractivity contribution in [3.8, 4) is 17.1 Å². The second-order valence-corrected chi connectivity index (χ2v) is 12.0. The van der Waals surface area contributed by atoms with Crippen molar-refractivity contribution < 1.29 is 4.79 Å². The predicted molar refractivity (Wildman–Crippen MR) is 163 cm³/mol. The van der Waals surface area contributed by atoms with Crippen LogP contribution in [0.1, 0.15) is 39.5 Å². The number of thioether (sulfide) groups is 1. The summed E-state index contributed by atoms with van der Waals surface area (Å²) in [5, 5.41) is 15.7. The van der Waals surface area contributed by atoms with Crippen molar-refractivity contribution in [1.82, 2.24) is 34.9 Å². The SMILES string of the molecule is Cc1ccccc1-n1c(SCc2nc(C(=O)NC3CCN(Cc4ccccc4)CC3)cs2)nnc1-c1cccnc1. The lowest BCUT2D eigenvalue weighted by molar-refractivity contribution is 0.0904. The second-order valence-electron chi connectivity index (χ2n) is 10.1. The first-order valence-electron chi connectivity index (χ1n) is 13.7. The van der Waals surface area contributed by atoms with Gasteiger partial charge in [0.2, 0.25) is 0 Å². The Labute approximate surface area is 247 Å². The van der Waals surface area contributed by atoms with E-state index in [2.05, 4.69) is 78.3 Å². The van der Waals surface area contributed by atoms with Crippen molar-refractivity contribution >= 4 is 29.0 Å². The summed E-state index contributed by atoms with van der Waals surface area (Å²) in [6.45, 7) is 4.98. The van der Waals surface area contributed by atoms with Crippen LogP contribution in [0.3, 0.4) is 0 Å². The molecule has 1 aliphatic rings. The van der Waals surface area contributed by atoms with Gasteiger partial charge in [0.25, 0.3) is 5.91 Å². The maximum atomic E-state index is 13.0. The number of thiazole rings is 1. The van der Waals surface area contributed by atoms with Gasteiger partial charge in [-0.05, 0) is 49.1 Å². The topological polar surface area (TPSA) is 88.8 Å². The van der Waals surface area contributed by atoms with Gasteiger partial charge in [-0.1, -0.05) is 60.3 Å². The van der Waals surface area contributed by atoms with Crippen molar-refractivity contribution in [2.45, 2.75) is 43.3 Å². The molecule has 1 fully saturated rings. The van der Waals surface area contributed by atoms with E-state index in [1.807, 2.05) is 35.7 Å². The first-order chi connectivity index (χ1) is 20.1. The Bertz CT molecular complexity index is 1600. The number of rotatable bonds is 9. The number of amides is 1. The summed E-state index contributed by atoms with van der Waals surface area (Å²) in [5.41, 5.74) is 4.85. The average molecular weight is 582 g/mol. The molecule has 1 aliphatic heterocycles. The Balaban J connectivity index is 1.08. The fourth-order valence-electron chi connectivity index (χ4n) is 5.02. The lowest BCUT2D eigenvalue weighted by Gasteiger charge is -2.32. The summed E-state index contributed by atoms with van der Waals surface area (Å²) in [6.07, 6.45) is 5.43. The van der Waals surface area contributed by atoms with Crippen LogP contribution >= 0.6 is 23.1 Å². The Kier molecular flexibility index (Phi) is 8.50. The second kappa shape index (κ2) is 12.8. The van der Waals surface area contributed by atoms with Gasteiger partial charge in [0.1, 0.15) is 10.7 Å². The lowest BCUT2D eigenvalue weighted by atomic mass is 10.0. The first kappa shape index (κ1) is 27.3. The maximum Gasteiger partial charge on any atom is 0.270 e. The summed E-state index contributed by atoms with van der Waals surface area (Å²) >= 11 is 3.06. The molecule has 0 aliphatic carbocycles. The summed E-state index contributed by atoms with van der Waals surface area (Å²) < 4.78 is 2.07. The number of piperidine rings is 1. The van der Waals surface area contributed by atoms with Crippen molar-refractivity contribution in [3.63, 3.8) is 0 Å². The smallest absolute Gasteiger partial charge is 0.270 e. The Hall–Kier alpha value is -3.86. The molecule has 0 unspecified atom stereocenters. The number of nitrogens with one attached hydrogen (secondary N) is 1. The fraction of sp³-hybridized carbons (Fsp3) is 0.258. The number of carbonyl (C=O) groups is 1. The van der Waals surface area contributed by atoms with Gasteiger partial charge in [-0.15, -0.1) is 21.5 Å². The normalized spacial score (nSPS) is 14.3. The molecule has 4 heterocycles. The van der Waals surface area contributed by atoms with Gasteiger partial charge >= 0.3 is 0 Å². The number of aromatic nitrogens is 5. The third-order valence-electron chi connectivity index (χ3n) is 7.19. The van der Waals surface area contributed by atoms with Gasteiger partial charge in [-0.3, -0.25) is 19.2 Å². The molecule has 1 N–H and O–H groups in total. The molecular formula is C31H31N7OS2. The van der Waals surface area contributed by atoms with Crippen LogP contribution in [0.4, 0.5) is 0 Å². The molecule has 41 heavy (non-hydrogen) atoms. The van der Waals surface area contributed by atoms with Gasteiger partial charge in [0.15, 0.2) is 11.0 Å². The molecule has 0 bridgehead atoms. The van der Waals surface area contributed by atoms with Crippen LogP contribution in [-0.4, -0.2) is 54.7 Å². The maximum absolute atomic E-state index is 13.0. The van der Waals surface area contributed by atoms with Gasteiger partial charge in [-0.25, -0.2) is 4.98 Å². The van der Waals surface area contributed by atoms with E-state index in [0.29, 0.717) is 11.4 Å². The standard InChI is InChI=1S/C31H31N7OS2/c1-22-8-5-6-12-27(22)38-29(24-11-7-15-32-18-24)35-36-31(38)41-21-28-34-26(20-40-28)30(39)33-25-13-16-37(17-14-25)19-23-9-3-2-4-10-23/h2-12,15,18,20,25H,13-14,16-17,19,21H2,1H3,(H,33,39). The van der Waals surface area contributed by atoms with E-state index in [9.17, 15) is 4.79 Å². The predicted octanol–water partition coefficient (Wildman–Crippen LogP) is 5.78. The quantitative estimate of drug-likeness (QED) is 0.221. The zero-order valence-electron chi connectivity index (χ0n) is 22.8. The molecule has 0 saturated carbocycles. The number of likely N-dealkylation sites (tertiary alicyclic amines) is 1. The van der Waals surface area contributed by atoms with Crippen molar-refractivity contribution in [3.05, 3.63) is 106 Å². The van der Waals surface area contributed by atoms with Crippen LogP contribution < -0.4 is 5.32 Å². The highest BCUT2D eigenvalue weighted by Crippen LogP contribution is 2.31. The number of carbonyl (C=O) groups excluding carboxylic acids is 1. The van der Waals surface area contributed by atoms with Crippen LogP contribution in [0.15, 0.2) is 89.7 Å². The lowest BCUT2D eigenvalue weighted by Crippen LogP contribution is -2.44. The molecule has 3 aromatic heterocycles. The molecule has 0 spiro atoms. The van der Waals surface area contributed by atoms with E-state index in [-0.39, 0.29) is 11.9 Å². The zero-order chi connectivity index (χ0) is 28.0. The number of hydrogen-bond acceptors (Lipinski definition) is 8. The number of nitrogens with zero attached hydrogens (tertiary/aromatic N) is 6. The molecule has 6 rings (SSSR count). The van der Waals surface area contributed by atoms with Crippen LogP contribution in [0, 0.1) is 6.92 Å². The van der Waals surface area contributed by atoms with Gasteiger partial charge in [-0.2, -0.15) is 0 Å². The molecule has 10 heteroatoms. The van der Waals surface area contributed by atoms with E-state index >= 15 is 0 Å². The minimum absolute atomic E-state index is 0.0963. The number of pyridine rings is 1. The molecule has 5 aromatic rings.